The van der Waals surface area contributed by atoms with E-state index in [4.69, 9.17) is 0 Å². The number of nitrogens with one attached hydrogen (secondary N) is 1. The Morgan fingerprint density at radius 3 is 2.56 bits per heavy atom. The maximum absolute atomic E-state index is 13.1. The molecule has 1 aliphatic heterocycles. The molecule has 1 fully saturated rings. The molecule has 4 nitrogen and oxygen atoms in total. The highest BCUT2D eigenvalue weighted by Gasteiger charge is 2.11. The van der Waals surface area contributed by atoms with Crippen LogP contribution in [0.25, 0.3) is 0 Å². The normalized spacial score (nSPS) is 14.8. The van der Waals surface area contributed by atoms with Gasteiger partial charge in [0.25, 0.3) is 0 Å². The second kappa shape index (κ2) is 8.60. The fourth-order valence-electron chi connectivity index (χ4n) is 3.10. The topological polar surface area (TPSA) is 45.2 Å². The summed E-state index contributed by atoms with van der Waals surface area (Å²) in [5, 5.41) is 2.86. The summed E-state index contributed by atoms with van der Waals surface area (Å²) in [6.45, 7) is 2.56. The van der Waals surface area contributed by atoms with Crippen molar-refractivity contribution in [2.24, 2.45) is 0 Å². The van der Waals surface area contributed by atoms with Crippen molar-refractivity contribution >= 4 is 11.7 Å². The van der Waals surface area contributed by atoms with E-state index in [-0.39, 0.29) is 18.1 Å². The van der Waals surface area contributed by atoms with Crippen molar-refractivity contribution in [2.45, 2.75) is 38.6 Å². The van der Waals surface area contributed by atoms with E-state index >= 15 is 0 Å². The van der Waals surface area contributed by atoms with Gasteiger partial charge in [0, 0.05) is 25.8 Å². The highest BCUT2D eigenvalue weighted by Crippen LogP contribution is 2.17. The molecule has 1 amide bonds. The number of carbonyl (C=O) groups excluding carboxylic acids is 1. The number of aromatic nitrogens is 1. The Bertz CT molecular complexity index is 694. The van der Waals surface area contributed by atoms with E-state index in [1.54, 1.807) is 12.1 Å². The molecule has 0 bridgehead atoms. The molecule has 132 valence electrons. The van der Waals surface area contributed by atoms with E-state index < -0.39 is 0 Å². The highest BCUT2D eigenvalue weighted by atomic mass is 19.1. The van der Waals surface area contributed by atoms with Crippen LogP contribution in [0.15, 0.2) is 42.6 Å². The van der Waals surface area contributed by atoms with Crippen LogP contribution in [0.1, 0.15) is 36.8 Å². The number of hydrogen-bond donors (Lipinski definition) is 1. The van der Waals surface area contributed by atoms with Crippen molar-refractivity contribution in [1.82, 2.24) is 10.3 Å². The minimum atomic E-state index is -0.321. The van der Waals surface area contributed by atoms with Crippen molar-refractivity contribution in [3.8, 4) is 0 Å². The van der Waals surface area contributed by atoms with Crippen molar-refractivity contribution in [3.05, 3.63) is 59.5 Å². The van der Waals surface area contributed by atoms with Gasteiger partial charge in [0.2, 0.25) is 5.91 Å². The first kappa shape index (κ1) is 17.4. The molecule has 0 spiro atoms. The predicted octanol–water partition coefficient (Wildman–Crippen LogP) is 3.46. The molecule has 0 unspecified atom stereocenters. The Hall–Kier alpha value is -2.43. The molecule has 2 aromatic rings. The molecule has 3 rings (SSSR count). The Morgan fingerprint density at radius 1 is 1.08 bits per heavy atom. The summed E-state index contributed by atoms with van der Waals surface area (Å²) in [7, 11) is 0. The molecule has 1 N–H and O–H groups in total. The monoisotopic (exact) mass is 341 g/mol. The van der Waals surface area contributed by atoms with E-state index in [1.165, 1.54) is 37.8 Å². The maximum Gasteiger partial charge on any atom is 0.224 e. The summed E-state index contributed by atoms with van der Waals surface area (Å²) in [5.41, 5.74) is 1.64. The third-order valence-electron chi connectivity index (χ3n) is 4.48. The molecule has 1 aromatic heterocycles. The van der Waals surface area contributed by atoms with Crippen molar-refractivity contribution in [3.63, 3.8) is 0 Å². The highest BCUT2D eigenvalue weighted by molar-refractivity contribution is 5.78. The van der Waals surface area contributed by atoms with Crippen LogP contribution in [0.4, 0.5) is 10.2 Å². The molecular formula is C20H24FN3O. The van der Waals surface area contributed by atoms with Crippen LogP contribution in [0.5, 0.6) is 0 Å². The molecule has 0 aliphatic carbocycles. The van der Waals surface area contributed by atoms with Gasteiger partial charge in [-0.2, -0.15) is 0 Å². The standard InChI is InChI=1S/C20H24FN3O/c21-18-7-5-6-16(12-18)13-20(25)23-15-17-8-9-19(22-14-17)24-10-3-1-2-4-11-24/h5-9,12,14H,1-4,10-11,13,15H2,(H,23,25). The SMILES string of the molecule is O=C(Cc1cccc(F)c1)NCc1ccc(N2CCCCCC2)nc1. The largest absolute Gasteiger partial charge is 0.357 e. The van der Waals surface area contributed by atoms with Gasteiger partial charge in [-0.25, -0.2) is 9.37 Å². The lowest BCUT2D eigenvalue weighted by Crippen LogP contribution is -2.26. The van der Waals surface area contributed by atoms with E-state index in [9.17, 15) is 9.18 Å². The Labute approximate surface area is 148 Å². The molecule has 2 heterocycles. The molecule has 25 heavy (non-hydrogen) atoms. The molecule has 0 saturated carbocycles. The first-order valence-corrected chi connectivity index (χ1v) is 8.92. The van der Waals surface area contributed by atoms with E-state index in [2.05, 4.69) is 15.2 Å². The third kappa shape index (κ3) is 5.28. The van der Waals surface area contributed by atoms with E-state index in [0.717, 1.165) is 24.5 Å². The number of carbonyl (C=O) groups is 1. The number of rotatable bonds is 5. The summed E-state index contributed by atoms with van der Waals surface area (Å²) >= 11 is 0. The average Bonchev–Trinajstić information content (AvgIpc) is 2.90. The average molecular weight is 341 g/mol. The molecule has 1 aromatic carbocycles. The van der Waals surface area contributed by atoms with Gasteiger partial charge in [0.05, 0.1) is 6.42 Å². The first-order valence-electron chi connectivity index (χ1n) is 8.92. The summed E-state index contributed by atoms with van der Waals surface area (Å²) in [4.78, 5) is 18.9. The van der Waals surface area contributed by atoms with Crippen LogP contribution in [0.3, 0.4) is 0 Å². The van der Waals surface area contributed by atoms with Gasteiger partial charge in [0.1, 0.15) is 11.6 Å². The molecule has 0 radical (unpaired) electrons. The van der Waals surface area contributed by atoms with Crippen LogP contribution in [-0.2, 0) is 17.8 Å². The zero-order valence-corrected chi connectivity index (χ0v) is 14.4. The second-order valence-electron chi connectivity index (χ2n) is 6.51. The van der Waals surface area contributed by atoms with Gasteiger partial charge in [0.15, 0.2) is 0 Å². The van der Waals surface area contributed by atoms with Crippen LogP contribution >= 0.6 is 0 Å². The zero-order chi connectivity index (χ0) is 17.5. The van der Waals surface area contributed by atoms with Gasteiger partial charge in [-0.15, -0.1) is 0 Å². The number of nitrogens with zero attached hydrogens (tertiary/aromatic N) is 2. The van der Waals surface area contributed by atoms with Gasteiger partial charge >= 0.3 is 0 Å². The molecule has 0 atom stereocenters. The zero-order valence-electron chi connectivity index (χ0n) is 14.4. The fourth-order valence-corrected chi connectivity index (χ4v) is 3.10. The number of pyridine rings is 1. The summed E-state index contributed by atoms with van der Waals surface area (Å²) in [6, 6.07) is 10.2. The molecular weight excluding hydrogens is 317 g/mol. The minimum absolute atomic E-state index is 0.123. The molecule has 1 aliphatic rings. The van der Waals surface area contributed by atoms with E-state index in [1.807, 2.05) is 18.3 Å². The first-order chi connectivity index (χ1) is 12.2. The van der Waals surface area contributed by atoms with Gasteiger partial charge < -0.3 is 10.2 Å². The summed E-state index contributed by atoms with van der Waals surface area (Å²) < 4.78 is 13.1. The Balaban J connectivity index is 1.50. The Kier molecular flexibility index (Phi) is 5.99. The van der Waals surface area contributed by atoms with Crippen LogP contribution in [0, 0.1) is 5.82 Å². The molecule has 1 saturated heterocycles. The van der Waals surface area contributed by atoms with Crippen molar-refractivity contribution in [1.29, 1.82) is 0 Å². The van der Waals surface area contributed by atoms with Crippen LogP contribution in [-0.4, -0.2) is 24.0 Å². The van der Waals surface area contributed by atoms with Crippen LogP contribution in [0.2, 0.25) is 0 Å². The van der Waals surface area contributed by atoms with Gasteiger partial charge in [-0.1, -0.05) is 31.0 Å². The van der Waals surface area contributed by atoms with Gasteiger partial charge in [-0.3, -0.25) is 4.79 Å². The van der Waals surface area contributed by atoms with Crippen molar-refractivity contribution in [2.75, 3.05) is 18.0 Å². The third-order valence-corrected chi connectivity index (χ3v) is 4.48. The van der Waals surface area contributed by atoms with Crippen LogP contribution < -0.4 is 10.2 Å². The lowest BCUT2D eigenvalue weighted by Gasteiger charge is -2.21. The summed E-state index contributed by atoms with van der Waals surface area (Å²) in [5.74, 6) is 0.567. The second-order valence-corrected chi connectivity index (χ2v) is 6.51. The smallest absolute Gasteiger partial charge is 0.224 e. The number of hydrogen-bond acceptors (Lipinski definition) is 3. The lowest BCUT2D eigenvalue weighted by atomic mass is 10.1. The number of halogens is 1. The fraction of sp³-hybridized carbons (Fsp3) is 0.400. The van der Waals surface area contributed by atoms with Gasteiger partial charge in [-0.05, 0) is 42.2 Å². The number of amides is 1. The summed E-state index contributed by atoms with van der Waals surface area (Å²) in [6.07, 6.45) is 7.04. The maximum atomic E-state index is 13.1. The lowest BCUT2D eigenvalue weighted by molar-refractivity contribution is -0.120. The number of benzene rings is 1. The number of anilines is 1. The minimum Gasteiger partial charge on any atom is -0.357 e. The predicted molar refractivity (Wildman–Crippen MR) is 96.9 cm³/mol. The quantitative estimate of drug-likeness (QED) is 0.906. The van der Waals surface area contributed by atoms with Crippen molar-refractivity contribution < 1.29 is 9.18 Å². The Morgan fingerprint density at radius 2 is 1.88 bits per heavy atom. The molecule has 5 heteroatoms. The van der Waals surface area contributed by atoms with E-state index in [0.29, 0.717) is 12.1 Å².